The summed E-state index contributed by atoms with van der Waals surface area (Å²) in [6.07, 6.45) is -0.758. The molecule has 0 atom stereocenters. The maximum absolute atomic E-state index is 13.5. The zero-order valence-electron chi connectivity index (χ0n) is 16.4. The fourth-order valence-corrected chi connectivity index (χ4v) is 3.55. The summed E-state index contributed by atoms with van der Waals surface area (Å²) in [7, 11) is 0. The maximum atomic E-state index is 13.5. The SMILES string of the molecule is O=[N+]([O-])c1ccc(Sc2nc(-c3ccccc3)cc(C(F)(F)F)n2)c(/C=N/n2cnnc2)c1. The lowest BCUT2D eigenvalue weighted by atomic mass is 10.1. The standard InChI is InChI=1S/C20H12F3N7O2S/c21-20(22,23)18-9-16(13-4-2-1-3-5-13)27-19(28-18)33-17-7-6-15(30(31)32)8-14(17)10-26-29-11-24-25-12-29/h1-12H/b26-10+. The zero-order valence-corrected chi connectivity index (χ0v) is 17.2. The number of alkyl halides is 3. The Morgan fingerprint density at radius 2 is 1.76 bits per heavy atom. The van der Waals surface area contributed by atoms with Crippen LogP contribution in [0.25, 0.3) is 11.3 Å². The molecule has 2 aromatic carbocycles. The Morgan fingerprint density at radius 1 is 1.03 bits per heavy atom. The molecule has 166 valence electrons. The van der Waals surface area contributed by atoms with E-state index in [0.717, 1.165) is 17.8 Å². The van der Waals surface area contributed by atoms with Crippen LogP contribution in [-0.2, 0) is 6.18 Å². The minimum atomic E-state index is -4.68. The van der Waals surface area contributed by atoms with Crippen molar-refractivity contribution in [2.75, 3.05) is 0 Å². The predicted octanol–water partition coefficient (Wildman–Crippen LogP) is 4.70. The third-order valence-corrected chi connectivity index (χ3v) is 5.16. The number of aromatic nitrogens is 5. The summed E-state index contributed by atoms with van der Waals surface area (Å²) in [6, 6.07) is 13.2. The van der Waals surface area contributed by atoms with Crippen LogP contribution in [0, 0.1) is 10.1 Å². The van der Waals surface area contributed by atoms with Crippen molar-refractivity contribution < 1.29 is 18.1 Å². The van der Waals surface area contributed by atoms with Gasteiger partial charge in [0.25, 0.3) is 5.69 Å². The van der Waals surface area contributed by atoms with Crippen molar-refractivity contribution in [3.05, 3.63) is 88.6 Å². The lowest BCUT2D eigenvalue weighted by Gasteiger charge is -2.11. The van der Waals surface area contributed by atoms with Gasteiger partial charge in [-0.1, -0.05) is 30.3 Å². The van der Waals surface area contributed by atoms with Crippen LogP contribution in [0.15, 0.2) is 82.4 Å². The van der Waals surface area contributed by atoms with Crippen LogP contribution in [0.2, 0.25) is 0 Å². The van der Waals surface area contributed by atoms with Crippen LogP contribution < -0.4 is 0 Å². The molecule has 0 amide bonds. The quantitative estimate of drug-likeness (QED) is 0.173. The van der Waals surface area contributed by atoms with Crippen LogP contribution in [0.3, 0.4) is 0 Å². The summed E-state index contributed by atoms with van der Waals surface area (Å²) in [5.74, 6) is 0. The number of halogens is 3. The van der Waals surface area contributed by atoms with E-state index in [0.29, 0.717) is 10.5 Å². The Hall–Kier alpha value is -4.13. The number of nitrogens with zero attached hydrogens (tertiary/aromatic N) is 7. The molecule has 0 unspecified atom stereocenters. The molecular formula is C20H12F3N7O2S. The van der Waals surface area contributed by atoms with Crippen molar-refractivity contribution >= 4 is 23.7 Å². The Bertz CT molecular complexity index is 1310. The normalized spacial score (nSPS) is 11.7. The van der Waals surface area contributed by atoms with Gasteiger partial charge in [-0.3, -0.25) is 10.1 Å². The Kier molecular flexibility index (Phi) is 6.13. The van der Waals surface area contributed by atoms with Crippen LogP contribution in [-0.4, -0.2) is 36.0 Å². The molecule has 0 saturated heterocycles. The van der Waals surface area contributed by atoms with Crippen molar-refractivity contribution in [2.24, 2.45) is 5.10 Å². The molecule has 4 rings (SSSR count). The van der Waals surface area contributed by atoms with E-state index < -0.39 is 16.8 Å². The molecule has 13 heteroatoms. The Morgan fingerprint density at radius 3 is 2.42 bits per heavy atom. The predicted molar refractivity (Wildman–Crippen MR) is 113 cm³/mol. The van der Waals surface area contributed by atoms with E-state index in [1.165, 1.54) is 41.7 Å². The summed E-state index contributed by atoms with van der Waals surface area (Å²) in [5, 5.41) is 22.3. The van der Waals surface area contributed by atoms with Crippen LogP contribution in [0.1, 0.15) is 11.3 Å². The van der Waals surface area contributed by atoms with Gasteiger partial charge < -0.3 is 0 Å². The molecule has 0 N–H and O–H groups in total. The number of nitro groups is 1. The van der Waals surface area contributed by atoms with E-state index in [1.54, 1.807) is 30.3 Å². The number of non-ortho nitro benzene ring substituents is 1. The smallest absolute Gasteiger partial charge is 0.258 e. The second-order valence-corrected chi connectivity index (χ2v) is 7.46. The molecule has 33 heavy (non-hydrogen) atoms. The highest BCUT2D eigenvalue weighted by molar-refractivity contribution is 7.99. The molecule has 0 radical (unpaired) electrons. The lowest BCUT2D eigenvalue weighted by molar-refractivity contribution is -0.384. The number of hydrogen-bond acceptors (Lipinski definition) is 8. The second-order valence-electron chi connectivity index (χ2n) is 6.45. The number of benzene rings is 2. The van der Waals surface area contributed by atoms with Gasteiger partial charge in [0.1, 0.15) is 18.3 Å². The van der Waals surface area contributed by atoms with Crippen molar-refractivity contribution in [3.63, 3.8) is 0 Å². The molecule has 4 aromatic rings. The van der Waals surface area contributed by atoms with Gasteiger partial charge in [-0.05, 0) is 23.9 Å². The third kappa shape index (κ3) is 5.38. The summed E-state index contributed by atoms with van der Waals surface area (Å²) in [5.41, 5.74) is -0.433. The molecule has 0 aliphatic rings. The van der Waals surface area contributed by atoms with Gasteiger partial charge in [0.15, 0.2) is 5.16 Å². The molecular weight excluding hydrogens is 459 g/mol. The van der Waals surface area contributed by atoms with Gasteiger partial charge >= 0.3 is 6.18 Å². The molecule has 0 fully saturated rings. The fraction of sp³-hybridized carbons (Fsp3) is 0.0500. The molecule has 0 aliphatic heterocycles. The monoisotopic (exact) mass is 471 g/mol. The maximum Gasteiger partial charge on any atom is 0.433 e. The fourth-order valence-electron chi connectivity index (χ4n) is 2.70. The van der Waals surface area contributed by atoms with Crippen molar-refractivity contribution in [1.29, 1.82) is 0 Å². The zero-order chi connectivity index (χ0) is 23.4. The van der Waals surface area contributed by atoms with Crippen molar-refractivity contribution in [1.82, 2.24) is 24.8 Å². The molecule has 2 heterocycles. The molecule has 0 bridgehead atoms. The first-order valence-corrected chi connectivity index (χ1v) is 9.98. The lowest BCUT2D eigenvalue weighted by Crippen LogP contribution is -2.10. The van der Waals surface area contributed by atoms with Gasteiger partial charge in [0.05, 0.1) is 16.8 Å². The number of rotatable bonds is 6. The Balaban J connectivity index is 1.77. The van der Waals surface area contributed by atoms with Crippen LogP contribution >= 0.6 is 11.8 Å². The highest BCUT2D eigenvalue weighted by Crippen LogP contribution is 2.35. The second kappa shape index (κ2) is 9.16. The van der Waals surface area contributed by atoms with Gasteiger partial charge in [-0.15, -0.1) is 10.2 Å². The summed E-state index contributed by atoms with van der Waals surface area (Å²) < 4.78 is 41.7. The van der Waals surface area contributed by atoms with Crippen LogP contribution in [0.5, 0.6) is 0 Å². The molecule has 0 spiro atoms. The van der Waals surface area contributed by atoms with E-state index in [1.807, 2.05) is 0 Å². The van der Waals surface area contributed by atoms with E-state index in [4.69, 9.17) is 0 Å². The first-order chi connectivity index (χ1) is 15.8. The average Bonchev–Trinajstić information content (AvgIpc) is 3.32. The Labute approximate surface area is 188 Å². The topological polar surface area (TPSA) is 112 Å². The third-order valence-electron chi connectivity index (χ3n) is 4.21. The largest absolute Gasteiger partial charge is 0.433 e. The van der Waals surface area contributed by atoms with Gasteiger partial charge in [0.2, 0.25) is 0 Å². The first-order valence-electron chi connectivity index (χ1n) is 9.16. The average molecular weight is 471 g/mol. The van der Waals surface area contributed by atoms with Gasteiger partial charge in [-0.2, -0.15) is 18.3 Å². The van der Waals surface area contributed by atoms with Crippen molar-refractivity contribution in [3.8, 4) is 11.3 Å². The van der Waals surface area contributed by atoms with Gasteiger partial charge in [0, 0.05) is 28.2 Å². The van der Waals surface area contributed by atoms with E-state index >= 15 is 0 Å². The summed E-state index contributed by atoms with van der Waals surface area (Å²) in [6.45, 7) is 0. The number of nitro benzene ring substituents is 1. The minimum Gasteiger partial charge on any atom is -0.258 e. The highest BCUT2D eigenvalue weighted by atomic mass is 32.2. The van der Waals surface area contributed by atoms with E-state index in [2.05, 4.69) is 25.3 Å². The molecule has 0 saturated carbocycles. The molecule has 0 aliphatic carbocycles. The number of hydrogen-bond donors (Lipinski definition) is 0. The van der Waals surface area contributed by atoms with E-state index in [-0.39, 0.29) is 22.1 Å². The molecule has 2 aromatic heterocycles. The summed E-state index contributed by atoms with van der Waals surface area (Å²) in [4.78, 5) is 18.9. The van der Waals surface area contributed by atoms with Crippen LogP contribution in [0.4, 0.5) is 18.9 Å². The van der Waals surface area contributed by atoms with Crippen molar-refractivity contribution in [2.45, 2.75) is 16.2 Å². The first kappa shape index (κ1) is 22.1. The van der Waals surface area contributed by atoms with Gasteiger partial charge in [-0.25, -0.2) is 14.6 Å². The van der Waals surface area contributed by atoms with E-state index in [9.17, 15) is 23.3 Å². The molecule has 9 nitrogen and oxygen atoms in total. The minimum absolute atomic E-state index is 0.0991. The highest BCUT2D eigenvalue weighted by Gasteiger charge is 2.34. The summed E-state index contributed by atoms with van der Waals surface area (Å²) >= 11 is 0.834.